The van der Waals surface area contributed by atoms with E-state index in [1.54, 1.807) is 6.07 Å². The smallest absolute Gasteiger partial charge is 0.221 e. The molecular formula is C15H15N3O. The van der Waals surface area contributed by atoms with Crippen molar-refractivity contribution in [2.75, 3.05) is 5.32 Å². The molecule has 0 aliphatic carbocycles. The van der Waals surface area contributed by atoms with Crippen LogP contribution in [0.25, 0.3) is 0 Å². The van der Waals surface area contributed by atoms with E-state index < -0.39 is 0 Å². The summed E-state index contributed by atoms with van der Waals surface area (Å²) in [6.45, 7) is 3.45. The van der Waals surface area contributed by atoms with Crippen LogP contribution < -0.4 is 5.32 Å². The lowest BCUT2D eigenvalue weighted by Crippen LogP contribution is -2.05. The van der Waals surface area contributed by atoms with Gasteiger partial charge in [0.1, 0.15) is 5.69 Å². The second-order valence-corrected chi connectivity index (χ2v) is 4.18. The Morgan fingerprint density at radius 2 is 1.53 bits per heavy atom. The Morgan fingerprint density at radius 1 is 0.947 bits per heavy atom. The first-order valence-corrected chi connectivity index (χ1v) is 6.01. The van der Waals surface area contributed by atoms with Crippen molar-refractivity contribution in [2.24, 2.45) is 10.2 Å². The van der Waals surface area contributed by atoms with Crippen molar-refractivity contribution in [1.29, 1.82) is 0 Å². The maximum atomic E-state index is 11.1. The topological polar surface area (TPSA) is 53.8 Å². The van der Waals surface area contributed by atoms with Crippen molar-refractivity contribution >= 4 is 23.0 Å². The SMILES string of the molecule is CC(=O)Nc1ccccc1N=Nc1ccccc1C. The molecule has 96 valence electrons. The number of rotatable bonds is 3. The van der Waals surface area contributed by atoms with Gasteiger partial charge in [-0.25, -0.2) is 0 Å². The van der Waals surface area contributed by atoms with Crippen LogP contribution in [-0.4, -0.2) is 5.91 Å². The Morgan fingerprint density at radius 3 is 2.21 bits per heavy atom. The van der Waals surface area contributed by atoms with E-state index in [1.165, 1.54) is 6.92 Å². The number of hydrogen-bond donors (Lipinski definition) is 1. The number of amides is 1. The number of nitrogens with one attached hydrogen (secondary N) is 1. The van der Waals surface area contributed by atoms with Crippen molar-refractivity contribution < 1.29 is 4.79 Å². The number of carbonyl (C=O) groups excluding carboxylic acids is 1. The number of azo groups is 1. The van der Waals surface area contributed by atoms with Crippen molar-refractivity contribution in [3.05, 3.63) is 54.1 Å². The molecule has 2 aromatic rings. The number of aryl methyl sites for hydroxylation is 1. The molecule has 0 fully saturated rings. The molecule has 0 heterocycles. The van der Waals surface area contributed by atoms with E-state index in [0.717, 1.165) is 11.3 Å². The van der Waals surface area contributed by atoms with Crippen LogP contribution in [0.1, 0.15) is 12.5 Å². The lowest BCUT2D eigenvalue weighted by molar-refractivity contribution is -0.114. The van der Waals surface area contributed by atoms with E-state index in [1.807, 2.05) is 49.4 Å². The van der Waals surface area contributed by atoms with Gasteiger partial charge in [-0.3, -0.25) is 4.79 Å². The zero-order valence-electron chi connectivity index (χ0n) is 10.9. The monoisotopic (exact) mass is 253 g/mol. The largest absolute Gasteiger partial charge is 0.324 e. The standard InChI is InChI=1S/C15H15N3O/c1-11-7-3-4-8-13(11)17-18-15-10-6-5-9-14(15)16-12(2)19/h3-10H,1-2H3,(H,16,19). The normalized spacial score (nSPS) is 10.6. The molecule has 0 aromatic heterocycles. The van der Waals surface area contributed by atoms with Gasteiger partial charge < -0.3 is 5.32 Å². The van der Waals surface area contributed by atoms with Gasteiger partial charge >= 0.3 is 0 Å². The van der Waals surface area contributed by atoms with Gasteiger partial charge in [-0.15, -0.1) is 5.11 Å². The Bertz CT molecular complexity index is 620. The molecule has 2 rings (SSSR count). The van der Waals surface area contributed by atoms with E-state index >= 15 is 0 Å². The molecule has 4 nitrogen and oxygen atoms in total. The maximum absolute atomic E-state index is 11.1. The third kappa shape index (κ3) is 3.48. The van der Waals surface area contributed by atoms with E-state index in [2.05, 4.69) is 15.5 Å². The lowest BCUT2D eigenvalue weighted by Gasteiger charge is -2.04. The molecule has 0 saturated carbocycles. The number of benzene rings is 2. The van der Waals surface area contributed by atoms with Crippen molar-refractivity contribution in [3.63, 3.8) is 0 Å². The fourth-order valence-corrected chi connectivity index (χ4v) is 1.64. The first kappa shape index (κ1) is 13.0. The van der Waals surface area contributed by atoms with Gasteiger partial charge in [-0.05, 0) is 30.7 Å². The molecule has 1 N–H and O–H groups in total. The molecule has 0 atom stereocenters. The molecule has 19 heavy (non-hydrogen) atoms. The highest BCUT2D eigenvalue weighted by Gasteiger charge is 2.02. The molecule has 0 aliphatic heterocycles. The summed E-state index contributed by atoms with van der Waals surface area (Å²) in [7, 11) is 0. The average molecular weight is 253 g/mol. The summed E-state index contributed by atoms with van der Waals surface area (Å²) < 4.78 is 0. The quantitative estimate of drug-likeness (QED) is 0.811. The highest BCUT2D eigenvalue weighted by atomic mass is 16.1. The van der Waals surface area contributed by atoms with Gasteiger partial charge in [0.05, 0.1) is 11.4 Å². The molecule has 1 amide bonds. The van der Waals surface area contributed by atoms with Crippen molar-refractivity contribution in [1.82, 2.24) is 0 Å². The number of hydrogen-bond acceptors (Lipinski definition) is 3. The van der Waals surface area contributed by atoms with Gasteiger partial charge in [-0.2, -0.15) is 5.11 Å². The van der Waals surface area contributed by atoms with Crippen LogP contribution in [0.15, 0.2) is 58.8 Å². The molecule has 0 saturated heterocycles. The summed E-state index contributed by atoms with van der Waals surface area (Å²) in [6.07, 6.45) is 0. The summed E-state index contributed by atoms with van der Waals surface area (Å²) >= 11 is 0. The van der Waals surface area contributed by atoms with Crippen LogP contribution in [-0.2, 0) is 4.79 Å². The van der Waals surface area contributed by atoms with E-state index in [9.17, 15) is 4.79 Å². The number of anilines is 1. The molecule has 2 aromatic carbocycles. The van der Waals surface area contributed by atoms with Crippen LogP contribution in [0.3, 0.4) is 0 Å². The van der Waals surface area contributed by atoms with Crippen LogP contribution in [0.4, 0.5) is 17.1 Å². The predicted molar refractivity (Wildman–Crippen MR) is 76.1 cm³/mol. The first-order chi connectivity index (χ1) is 9.16. The van der Waals surface area contributed by atoms with Crippen LogP contribution in [0, 0.1) is 6.92 Å². The van der Waals surface area contributed by atoms with Crippen LogP contribution >= 0.6 is 0 Å². The number of carbonyl (C=O) groups is 1. The molecule has 4 heteroatoms. The number of nitrogens with zero attached hydrogens (tertiary/aromatic N) is 2. The fourth-order valence-electron chi connectivity index (χ4n) is 1.64. The lowest BCUT2D eigenvalue weighted by atomic mass is 10.2. The Labute approximate surface area is 112 Å². The molecule has 0 spiro atoms. The highest BCUT2D eigenvalue weighted by Crippen LogP contribution is 2.27. The molecule has 0 aliphatic rings. The summed E-state index contributed by atoms with van der Waals surface area (Å²) in [4.78, 5) is 11.1. The van der Waals surface area contributed by atoms with Crippen molar-refractivity contribution in [2.45, 2.75) is 13.8 Å². The summed E-state index contributed by atoms with van der Waals surface area (Å²) in [5.74, 6) is -0.126. The van der Waals surface area contributed by atoms with Crippen LogP contribution in [0.2, 0.25) is 0 Å². The van der Waals surface area contributed by atoms with E-state index in [0.29, 0.717) is 11.4 Å². The summed E-state index contributed by atoms with van der Waals surface area (Å²) in [5.41, 5.74) is 3.18. The maximum Gasteiger partial charge on any atom is 0.221 e. The molecule has 0 unspecified atom stereocenters. The second kappa shape index (κ2) is 5.91. The predicted octanol–water partition coefficient (Wildman–Crippen LogP) is 4.37. The van der Waals surface area contributed by atoms with Gasteiger partial charge in [0, 0.05) is 6.92 Å². The van der Waals surface area contributed by atoms with Gasteiger partial charge in [0.15, 0.2) is 0 Å². The highest BCUT2D eigenvalue weighted by molar-refractivity contribution is 5.91. The summed E-state index contributed by atoms with van der Waals surface area (Å²) in [6, 6.07) is 15.1. The Hall–Kier alpha value is -2.49. The second-order valence-electron chi connectivity index (χ2n) is 4.18. The minimum absolute atomic E-state index is 0.126. The van der Waals surface area contributed by atoms with Crippen molar-refractivity contribution in [3.8, 4) is 0 Å². The average Bonchev–Trinajstić information content (AvgIpc) is 2.39. The zero-order chi connectivity index (χ0) is 13.7. The third-order valence-electron chi connectivity index (χ3n) is 2.60. The molecule has 0 radical (unpaired) electrons. The van der Waals surface area contributed by atoms with Crippen LogP contribution in [0.5, 0.6) is 0 Å². The van der Waals surface area contributed by atoms with E-state index in [4.69, 9.17) is 0 Å². The minimum Gasteiger partial charge on any atom is -0.324 e. The molecule has 0 bridgehead atoms. The summed E-state index contributed by atoms with van der Waals surface area (Å²) in [5, 5.41) is 11.1. The number of para-hydroxylation sites is 1. The van der Waals surface area contributed by atoms with Gasteiger partial charge in [0.25, 0.3) is 0 Å². The Balaban J connectivity index is 2.28. The van der Waals surface area contributed by atoms with E-state index in [-0.39, 0.29) is 5.91 Å². The minimum atomic E-state index is -0.126. The van der Waals surface area contributed by atoms with Gasteiger partial charge in [0.2, 0.25) is 5.91 Å². The zero-order valence-corrected chi connectivity index (χ0v) is 10.9. The third-order valence-corrected chi connectivity index (χ3v) is 2.60. The fraction of sp³-hybridized carbons (Fsp3) is 0.133. The van der Waals surface area contributed by atoms with Gasteiger partial charge in [-0.1, -0.05) is 30.3 Å². The molecular weight excluding hydrogens is 238 g/mol. The Kier molecular flexibility index (Phi) is 4.03. The first-order valence-electron chi connectivity index (χ1n) is 6.01.